The zero-order valence-electron chi connectivity index (χ0n) is 20.5. The van der Waals surface area contributed by atoms with E-state index >= 15 is 0 Å². The molecule has 0 bridgehead atoms. The van der Waals surface area contributed by atoms with Gasteiger partial charge in [-0.1, -0.05) is 69.9 Å². The van der Waals surface area contributed by atoms with Crippen LogP contribution in [0.5, 0.6) is 11.5 Å². The lowest BCUT2D eigenvalue weighted by molar-refractivity contribution is 0.0687. The molecule has 0 aliphatic carbocycles. The largest absolute Gasteiger partial charge is 0.490 e. The Balaban J connectivity index is 1.72. The van der Waals surface area contributed by atoms with E-state index in [0.29, 0.717) is 11.1 Å². The van der Waals surface area contributed by atoms with Crippen molar-refractivity contribution in [1.29, 1.82) is 0 Å². The minimum Gasteiger partial charge on any atom is -0.490 e. The van der Waals surface area contributed by atoms with Crippen LogP contribution in [0.25, 0.3) is 11.1 Å². The minimum absolute atomic E-state index is 0.0529. The predicted molar refractivity (Wildman–Crippen MR) is 138 cm³/mol. The monoisotopic (exact) mass is 474 g/mol. The summed E-state index contributed by atoms with van der Waals surface area (Å²) in [5.41, 5.74) is 1.90. The third-order valence-electron chi connectivity index (χ3n) is 5.90. The highest BCUT2D eigenvalue weighted by Gasteiger charge is 2.16. The van der Waals surface area contributed by atoms with E-state index in [1.165, 1.54) is 31.4 Å². The molecule has 0 aromatic heterocycles. The second-order valence-corrected chi connectivity index (χ2v) is 8.67. The molecular weight excluding hydrogens is 440 g/mol. The van der Waals surface area contributed by atoms with E-state index in [1.54, 1.807) is 30.3 Å². The smallest absolute Gasteiger partial charge is 0.343 e. The average molecular weight is 475 g/mol. The fraction of sp³-hybridized carbons (Fsp3) is 0.333. The molecule has 0 spiro atoms. The first-order chi connectivity index (χ1) is 17.0. The summed E-state index contributed by atoms with van der Waals surface area (Å²) in [7, 11) is 0. The van der Waals surface area contributed by atoms with Crippen molar-refractivity contribution < 1.29 is 24.2 Å². The Kier molecular flexibility index (Phi) is 9.91. The highest BCUT2D eigenvalue weighted by molar-refractivity contribution is 5.94. The molecule has 5 heteroatoms. The Morgan fingerprint density at radius 3 is 2.17 bits per heavy atom. The number of ether oxygens (including phenoxy) is 2. The number of hydrogen-bond donors (Lipinski definition) is 1. The van der Waals surface area contributed by atoms with Crippen LogP contribution < -0.4 is 9.47 Å². The number of carboxylic acids is 1. The fourth-order valence-electron chi connectivity index (χ4n) is 4.00. The van der Waals surface area contributed by atoms with Crippen LogP contribution in [-0.2, 0) is 0 Å². The number of carbonyl (C=O) groups excluding carboxylic acids is 1. The summed E-state index contributed by atoms with van der Waals surface area (Å²) in [6.45, 7) is 4.36. The SMILES string of the molecule is CCCCCCC(CCC)Oc1ccc(C(=O)Oc2cc(C(=O)O)ccc2-c2ccccc2)cc1. The number of rotatable bonds is 13. The summed E-state index contributed by atoms with van der Waals surface area (Å²) in [5.74, 6) is -0.703. The molecule has 35 heavy (non-hydrogen) atoms. The van der Waals surface area contributed by atoms with Crippen molar-refractivity contribution in [3.63, 3.8) is 0 Å². The molecule has 3 rings (SSSR count). The summed E-state index contributed by atoms with van der Waals surface area (Å²) in [6.07, 6.45) is 8.09. The van der Waals surface area contributed by atoms with Crippen LogP contribution in [0, 0.1) is 0 Å². The van der Waals surface area contributed by atoms with Gasteiger partial charge in [0.05, 0.1) is 17.2 Å². The van der Waals surface area contributed by atoms with Crippen LogP contribution in [0.3, 0.4) is 0 Å². The van der Waals surface area contributed by atoms with Crippen molar-refractivity contribution in [3.05, 3.63) is 83.9 Å². The summed E-state index contributed by atoms with van der Waals surface area (Å²) >= 11 is 0. The minimum atomic E-state index is -1.08. The maximum Gasteiger partial charge on any atom is 0.343 e. The van der Waals surface area contributed by atoms with Crippen molar-refractivity contribution in [2.45, 2.75) is 64.9 Å². The van der Waals surface area contributed by atoms with Crippen molar-refractivity contribution >= 4 is 11.9 Å². The number of hydrogen-bond acceptors (Lipinski definition) is 4. The third kappa shape index (κ3) is 7.71. The fourth-order valence-corrected chi connectivity index (χ4v) is 4.00. The Morgan fingerprint density at radius 1 is 0.800 bits per heavy atom. The van der Waals surface area contributed by atoms with E-state index in [4.69, 9.17) is 9.47 Å². The highest BCUT2D eigenvalue weighted by Crippen LogP contribution is 2.32. The first-order valence-corrected chi connectivity index (χ1v) is 12.4. The van der Waals surface area contributed by atoms with Gasteiger partial charge < -0.3 is 14.6 Å². The molecular formula is C30H34O5. The molecule has 0 aliphatic heterocycles. The van der Waals surface area contributed by atoms with Crippen molar-refractivity contribution in [1.82, 2.24) is 0 Å². The maximum atomic E-state index is 12.9. The second-order valence-electron chi connectivity index (χ2n) is 8.67. The first-order valence-electron chi connectivity index (χ1n) is 12.4. The van der Waals surface area contributed by atoms with Gasteiger partial charge in [0, 0.05) is 5.56 Å². The molecule has 0 heterocycles. The van der Waals surface area contributed by atoms with E-state index in [-0.39, 0.29) is 17.4 Å². The Hall–Kier alpha value is -3.60. The number of aromatic carboxylic acids is 1. The van der Waals surface area contributed by atoms with Gasteiger partial charge in [-0.2, -0.15) is 0 Å². The molecule has 0 saturated carbocycles. The van der Waals surface area contributed by atoms with Crippen LogP contribution in [0.15, 0.2) is 72.8 Å². The molecule has 184 valence electrons. The van der Waals surface area contributed by atoms with Gasteiger partial charge in [0.2, 0.25) is 0 Å². The van der Waals surface area contributed by atoms with Crippen LogP contribution in [0.1, 0.15) is 79.5 Å². The molecule has 0 fully saturated rings. The van der Waals surface area contributed by atoms with E-state index in [2.05, 4.69) is 13.8 Å². The van der Waals surface area contributed by atoms with Crippen molar-refractivity contribution in [2.75, 3.05) is 0 Å². The number of carboxylic acid groups (broad SMARTS) is 1. The van der Waals surface area contributed by atoms with E-state index in [9.17, 15) is 14.7 Å². The number of esters is 1. The van der Waals surface area contributed by atoms with Gasteiger partial charge in [-0.05, 0) is 67.3 Å². The summed E-state index contributed by atoms with van der Waals surface area (Å²) in [4.78, 5) is 24.4. The van der Waals surface area contributed by atoms with Gasteiger partial charge >= 0.3 is 11.9 Å². The van der Waals surface area contributed by atoms with Gasteiger partial charge in [0.15, 0.2) is 0 Å². The van der Waals surface area contributed by atoms with Crippen molar-refractivity contribution in [2.24, 2.45) is 0 Å². The van der Waals surface area contributed by atoms with Crippen LogP contribution in [0.2, 0.25) is 0 Å². The van der Waals surface area contributed by atoms with Crippen molar-refractivity contribution in [3.8, 4) is 22.6 Å². The lowest BCUT2D eigenvalue weighted by Crippen LogP contribution is -2.16. The molecule has 1 atom stereocenters. The Bertz CT molecular complexity index is 1090. The summed E-state index contributed by atoms with van der Waals surface area (Å²) < 4.78 is 11.9. The molecule has 1 N–H and O–H groups in total. The molecule has 5 nitrogen and oxygen atoms in total. The average Bonchev–Trinajstić information content (AvgIpc) is 2.87. The maximum absolute atomic E-state index is 12.9. The molecule has 1 unspecified atom stereocenters. The van der Waals surface area contributed by atoms with Gasteiger partial charge in [0.25, 0.3) is 0 Å². The molecule has 3 aromatic carbocycles. The predicted octanol–water partition coefficient (Wildman–Crippen LogP) is 7.79. The molecule has 0 amide bonds. The van der Waals surface area contributed by atoms with E-state index in [1.807, 2.05) is 30.3 Å². The van der Waals surface area contributed by atoms with Gasteiger partial charge in [0.1, 0.15) is 11.5 Å². The molecule has 0 aliphatic rings. The standard InChI is InChI=1S/C30H34O5/c1-3-5-6-10-14-25(11-4-2)34-26-18-15-23(16-19-26)30(33)35-28-21-24(29(31)32)17-20-27(28)22-12-8-7-9-13-22/h7-9,12-13,15-21,25H,3-6,10-11,14H2,1-2H3,(H,31,32). The number of benzene rings is 3. The molecule has 0 saturated heterocycles. The lowest BCUT2D eigenvalue weighted by atomic mass is 10.0. The van der Waals surface area contributed by atoms with Crippen LogP contribution in [0.4, 0.5) is 0 Å². The van der Waals surface area contributed by atoms with Crippen LogP contribution in [-0.4, -0.2) is 23.1 Å². The Morgan fingerprint density at radius 2 is 1.51 bits per heavy atom. The van der Waals surface area contributed by atoms with Gasteiger partial charge in [-0.15, -0.1) is 0 Å². The normalized spacial score (nSPS) is 11.6. The topological polar surface area (TPSA) is 72.8 Å². The molecule has 3 aromatic rings. The summed E-state index contributed by atoms with van der Waals surface area (Å²) in [5, 5.41) is 9.39. The zero-order valence-corrected chi connectivity index (χ0v) is 20.5. The number of unbranched alkanes of at least 4 members (excludes halogenated alkanes) is 3. The van der Waals surface area contributed by atoms with E-state index < -0.39 is 11.9 Å². The second kappa shape index (κ2) is 13.3. The summed E-state index contributed by atoms with van der Waals surface area (Å²) in [6, 6.07) is 20.9. The third-order valence-corrected chi connectivity index (χ3v) is 5.90. The number of carbonyl (C=O) groups is 2. The quantitative estimate of drug-likeness (QED) is 0.155. The zero-order chi connectivity index (χ0) is 25.0. The Labute approximate surface area is 207 Å². The van der Waals surface area contributed by atoms with E-state index in [0.717, 1.165) is 37.0 Å². The van der Waals surface area contributed by atoms with Gasteiger partial charge in [-0.3, -0.25) is 0 Å². The van der Waals surface area contributed by atoms with Gasteiger partial charge in [-0.25, -0.2) is 9.59 Å². The van der Waals surface area contributed by atoms with Crippen LogP contribution >= 0.6 is 0 Å². The highest BCUT2D eigenvalue weighted by atomic mass is 16.5. The first kappa shape index (κ1) is 26.0. The molecule has 0 radical (unpaired) electrons. The lowest BCUT2D eigenvalue weighted by Gasteiger charge is -2.19.